The molecule has 0 aliphatic rings. The minimum Gasteiger partial charge on any atom is -0.507 e. The van der Waals surface area contributed by atoms with Crippen LogP contribution < -0.4 is 10.2 Å². The molecule has 0 saturated carbocycles. The van der Waals surface area contributed by atoms with Gasteiger partial charge >= 0.3 is 0 Å². The lowest BCUT2D eigenvalue weighted by molar-refractivity contribution is 0.0952. The van der Waals surface area contributed by atoms with E-state index in [4.69, 9.17) is 16.3 Å². The summed E-state index contributed by atoms with van der Waals surface area (Å²) in [6, 6.07) is 19.9. The summed E-state index contributed by atoms with van der Waals surface area (Å²) in [6.45, 7) is 0.220. The minimum atomic E-state index is -0.543. The van der Waals surface area contributed by atoms with Crippen LogP contribution in [0.25, 0.3) is 10.8 Å². The van der Waals surface area contributed by atoms with Crippen molar-refractivity contribution in [1.82, 2.24) is 5.43 Å². The Kier molecular flexibility index (Phi) is 6.91. The molecule has 166 valence electrons. The van der Waals surface area contributed by atoms with Crippen LogP contribution in [-0.2, 0) is 6.61 Å². The van der Waals surface area contributed by atoms with E-state index in [2.05, 4.69) is 26.5 Å². The number of aromatic hydroxyl groups is 1. The Hall–Kier alpha value is -3.42. The van der Waals surface area contributed by atoms with Gasteiger partial charge in [-0.15, -0.1) is 0 Å². The molecule has 0 unspecified atom stereocenters. The third-order valence-electron chi connectivity index (χ3n) is 4.81. The first-order valence-corrected chi connectivity index (χ1v) is 11.0. The number of nitrogens with zero attached hydrogens (tertiary/aromatic N) is 1. The number of carbonyl (C=O) groups is 1. The number of rotatable bonds is 6. The van der Waals surface area contributed by atoms with Crippen molar-refractivity contribution in [3.63, 3.8) is 0 Å². The second-order valence-corrected chi connectivity index (χ2v) is 8.41. The number of nitrogens with one attached hydrogen (secondary N) is 1. The lowest BCUT2D eigenvalue weighted by atomic mass is 10.1. The number of hydrazone groups is 1. The summed E-state index contributed by atoms with van der Waals surface area (Å²) in [5.41, 5.74) is 3.94. The molecule has 0 saturated heterocycles. The van der Waals surface area contributed by atoms with Crippen molar-refractivity contribution in [2.24, 2.45) is 5.10 Å². The number of phenolic OH excluding ortho intramolecular Hbond substituents is 1. The second-order valence-electron chi connectivity index (χ2n) is 7.14. The Bertz CT molecular complexity index is 1340. The van der Waals surface area contributed by atoms with Crippen molar-refractivity contribution in [1.29, 1.82) is 0 Å². The summed E-state index contributed by atoms with van der Waals surface area (Å²) in [5.74, 6) is -0.554. The molecule has 0 bridgehead atoms. The lowest BCUT2D eigenvalue weighted by Gasteiger charge is -2.11. The van der Waals surface area contributed by atoms with Gasteiger partial charge < -0.3 is 9.84 Å². The fraction of sp³-hybridized carbons (Fsp3) is 0.0400. The standard InChI is InChI=1S/C25H17BrClFN2O3/c26-21-9-16(10-22(27)24(21)33-14-15-5-7-19(28)8-6-15)13-29-30-25(32)20-11-17-3-1-2-4-18(17)12-23(20)31/h1-13,31H,14H2,(H,30,32). The predicted molar refractivity (Wildman–Crippen MR) is 131 cm³/mol. The van der Waals surface area contributed by atoms with Crippen LogP contribution in [0, 0.1) is 5.82 Å². The van der Waals surface area contributed by atoms with Gasteiger partial charge in [-0.2, -0.15) is 5.10 Å². The molecule has 2 N–H and O–H groups in total. The molecule has 0 radical (unpaired) electrons. The monoisotopic (exact) mass is 526 g/mol. The molecular weight excluding hydrogens is 511 g/mol. The molecule has 33 heavy (non-hydrogen) atoms. The third-order valence-corrected chi connectivity index (χ3v) is 5.68. The maximum atomic E-state index is 13.0. The Morgan fingerprint density at radius 2 is 1.79 bits per heavy atom. The number of carbonyl (C=O) groups excluding carboxylic acids is 1. The average Bonchev–Trinajstić information content (AvgIpc) is 2.79. The van der Waals surface area contributed by atoms with E-state index in [-0.39, 0.29) is 23.7 Å². The molecule has 8 heteroatoms. The van der Waals surface area contributed by atoms with Crippen LogP contribution in [0.1, 0.15) is 21.5 Å². The maximum Gasteiger partial charge on any atom is 0.275 e. The summed E-state index contributed by atoms with van der Waals surface area (Å²) < 4.78 is 19.4. The Morgan fingerprint density at radius 3 is 2.48 bits per heavy atom. The summed E-state index contributed by atoms with van der Waals surface area (Å²) in [6.07, 6.45) is 1.43. The molecule has 5 nitrogen and oxygen atoms in total. The number of fused-ring (bicyclic) bond motifs is 1. The molecule has 0 aliphatic heterocycles. The first-order chi connectivity index (χ1) is 15.9. The number of ether oxygens (including phenoxy) is 1. The van der Waals surface area contributed by atoms with Gasteiger partial charge in [0.15, 0.2) is 5.75 Å². The van der Waals surface area contributed by atoms with Crippen molar-refractivity contribution < 1.29 is 19.0 Å². The second kappa shape index (κ2) is 10.0. The fourth-order valence-electron chi connectivity index (χ4n) is 3.16. The van der Waals surface area contributed by atoms with Crippen molar-refractivity contribution in [2.45, 2.75) is 6.61 Å². The zero-order valence-electron chi connectivity index (χ0n) is 17.1. The van der Waals surface area contributed by atoms with E-state index in [0.29, 0.717) is 20.8 Å². The highest BCUT2D eigenvalue weighted by atomic mass is 79.9. The molecule has 0 aromatic heterocycles. The van der Waals surface area contributed by atoms with Gasteiger partial charge in [-0.25, -0.2) is 9.82 Å². The van der Waals surface area contributed by atoms with Crippen molar-refractivity contribution in [3.8, 4) is 11.5 Å². The van der Waals surface area contributed by atoms with Crippen LogP contribution >= 0.6 is 27.5 Å². The quantitative estimate of drug-likeness (QED) is 0.224. The van der Waals surface area contributed by atoms with E-state index in [1.54, 1.807) is 30.3 Å². The normalized spacial score (nSPS) is 11.1. The van der Waals surface area contributed by atoms with Gasteiger partial charge in [-0.3, -0.25) is 4.79 Å². The van der Waals surface area contributed by atoms with Gasteiger partial charge in [0.25, 0.3) is 5.91 Å². The van der Waals surface area contributed by atoms with Crippen LogP contribution in [0.4, 0.5) is 4.39 Å². The van der Waals surface area contributed by atoms with Crippen molar-refractivity contribution in [3.05, 3.63) is 105 Å². The summed E-state index contributed by atoms with van der Waals surface area (Å²) >= 11 is 9.76. The number of hydrogen-bond donors (Lipinski definition) is 2. The highest BCUT2D eigenvalue weighted by Crippen LogP contribution is 2.34. The molecule has 0 heterocycles. The van der Waals surface area contributed by atoms with Gasteiger partial charge in [0.2, 0.25) is 0 Å². The van der Waals surface area contributed by atoms with E-state index >= 15 is 0 Å². The van der Waals surface area contributed by atoms with Crippen LogP contribution in [0.2, 0.25) is 5.02 Å². The highest BCUT2D eigenvalue weighted by Gasteiger charge is 2.12. The molecule has 0 spiro atoms. The van der Waals surface area contributed by atoms with E-state index in [1.165, 1.54) is 24.4 Å². The number of phenols is 1. The minimum absolute atomic E-state index is 0.120. The molecule has 1 amide bonds. The van der Waals surface area contributed by atoms with Gasteiger partial charge in [0, 0.05) is 0 Å². The van der Waals surface area contributed by atoms with E-state index in [1.807, 2.05) is 24.3 Å². The van der Waals surface area contributed by atoms with E-state index < -0.39 is 5.91 Å². The first kappa shape index (κ1) is 22.8. The number of hydrogen-bond acceptors (Lipinski definition) is 4. The third kappa shape index (κ3) is 5.50. The fourth-order valence-corrected chi connectivity index (χ4v) is 4.15. The molecule has 4 rings (SSSR count). The predicted octanol–water partition coefficient (Wildman–Crippen LogP) is 6.44. The molecular formula is C25H17BrClFN2O3. The molecule has 0 fully saturated rings. The molecule has 0 atom stereocenters. The largest absolute Gasteiger partial charge is 0.507 e. The summed E-state index contributed by atoms with van der Waals surface area (Å²) in [4.78, 5) is 12.5. The zero-order chi connectivity index (χ0) is 23.4. The van der Waals surface area contributed by atoms with Gasteiger partial charge in [-0.05, 0) is 74.2 Å². The molecule has 4 aromatic carbocycles. The van der Waals surface area contributed by atoms with Gasteiger partial charge in [0.1, 0.15) is 18.2 Å². The number of benzene rings is 4. The van der Waals surface area contributed by atoms with Crippen LogP contribution in [0.5, 0.6) is 11.5 Å². The van der Waals surface area contributed by atoms with Gasteiger partial charge in [-0.1, -0.05) is 48.0 Å². The van der Waals surface area contributed by atoms with Crippen LogP contribution in [0.15, 0.2) is 82.4 Å². The Morgan fingerprint density at radius 1 is 1.09 bits per heavy atom. The van der Waals surface area contributed by atoms with Crippen molar-refractivity contribution >= 4 is 50.4 Å². The Labute approximate surface area is 202 Å². The smallest absolute Gasteiger partial charge is 0.275 e. The first-order valence-electron chi connectivity index (χ1n) is 9.82. The Balaban J connectivity index is 1.43. The van der Waals surface area contributed by atoms with Crippen LogP contribution in [-0.4, -0.2) is 17.2 Å². The maximum absolute atomic E-state index is 13.0. The molecule has 4 aromatic rings. The average molecular weight is 528 g/mol. The van der Waals surface area contributed by atoms with E-state index in [0.717, 1.165) is 16.3 Å². The SMILES string of the molecule is O=C(NN=Cc1cc(Cl)c(OCc2ccc(F)cc2)c(Br)c1)c1cc2ccccc2cc1O. The summed E-state index contributed by atoms with van der Waals surface area (Å²) in [5, 5.41) is 16.1. The molecule has 0 aliphatic carbocycles. The van der Waals surface area contributed by atoms with Gasteiger partial charge in [0.05, 0.1) is 21.3 Å². The lowest BCUT2D eigenvalue weighted by Crippen LogP contribution is -2.17. The summed E-state index contributed by atoms with van der Waals surface area (Å²) in [7, 11) is 0. The number of halogens is 3. The van der Waals surface area contributed by atoms with Crippen molar-refractivity contribution in [2.75, 3.05) is 0 Å². The van der Waals surface area contributed by atoms with Crippen LogP contribution in [0.3, 0.4) is 0 Å². The topological polar surface area (TPSA) is 70.9 Å². The van der Waals surface area contributed by atoms with E-state index in [9.17, 15) is 14.3 Å². The highest BCUT2D eigenvalue weighted by molar-refractivity contribution is 9.10. The number of amides is 1. The zero-order valence-corrected chi connectivity index (χ0v) is 19.4.